The Kier molecular flexibility index (Phi) is 9.65. The number of halogens is 5. The number of hydrogen-bond donors (Lipinski definition) is 1. The molecule has 0 aromatic heterocycles. The van der Waals surface area contributed by atoms with Crippen molar-refractivity contribution in [2.24, 2.45) is 5.92 Å². The summed E-state index contributed by atoms with van der Waals surface area (Å²) in [4.78, 5) is 2.40. The van der Waals surface area contributed by atoms with E-state index in [0.717, 1.165) is 39.0 Å². The van der Waals surface area contributed by atoms with Gasteiger partial charge in [-0.3, -0.25) is 4.90 Å². The molecule has 1 aliphatic heterocycles. The van der Waals surface area contributed by atoms with Gasteiger partial charge in [0.1, 0.15) is 5.82 Å². The second-order valence-electron chi connectivity index (χ2n) is 6.39. The van der Waals surface area contributed by atoms with Gasteiger partial charge in [-0.05, 0) is 30.9 Å². The fourth-order valence-corrected chi connectivity index (χ4v) is 4.36. The molecule has 1 aliphatic carbocycles. The van der Waals surface area contributed by atoms with Crippen molar-refractivity contribution in [1.29, 1.82) is 0 Å². The highest BCUT2D eigenvalue weighted by molar-refractivity contribution is 6.33. The van der Waals surface area contributed by atoms with Crippen molar-refractivity contribution in [3.8, 4) is 0 Å². The summed E-state index contributed by atoms with van der Waals surface area (Å²) in [7, 11) is 0. The summed E-state index contributed by atoms with van der Waals surface area (Å²) in [5.74, 6) is 0.139. The van der Waals surface area contributed by atoms with E-state index >= 15 is 0 Å². The van der Waals surface area contributed by atoms with Crippen molar-refractivity contribution in [3.05, 3.63) is 33.6 Å². The Morgan fingerprint density at radius 2 is 1.58 bits per heavy atom. The van der Waals surface area contributed by atoms with Crippen LogP contribution in [-0.4, -0.2) is 31.1 Å². The van der Waals surface area contributed by atoms with Crippen molar-refractivity contribution in [1.82, 2.24) is 10.2 Å². The molecule has 0 amide bonds. The maximum absolute atomic E-state index is 14.8. The first-order valence-electron chi connectivity index (χ1n) is 8.26. The smallest absolute Gasteiger partial charge is 0.148 e. The zero-order valence-electron chi connectivity index (χ0n) is 13.6. The Morgan fingerprint density at radius 1 is 1.00 bits per heavy atom. The quantitative estimate of drug-likeness (QED) is 0.652. The molecule has 2 aliphatic rings. The highest BCUT2D eigenvalue weighted by Gasteiger charge is 2.34. The summed E-state index contributed by atoms with van der Waals surface area (Å²) in [5.41, 5.74) is 0.614. The second-order valence-corrected chi connectivity index (χ2v) is 7.20. The molecule has 138 valence electrons. The summed E-state index contributed by atoms with van der Waals surface area (Å²) in [6.45, 7) is 3.76. The fourth-order valence-electron chi connectivity index (χ4n) is 3.94. The van der Waals surface area contributed by atoms with Gasteiger partial charge in [0.05, 0.1) is 5.02 Å². The normalized spacial score (nSPS) is 20.8. The molecule has 1 aromatic carbocycles. The van der Waals surface area contributed by atoms with Crippen molar-refractivity contribution >= 4 is 48.0 Å². The summed E-state index contributed by atoms with van der Waals surface area (Å²) in [6.07, 6.45) is 6.05. The van der Waals surface area contributed by atoms with Crippen molar-refractivity contribution < 1.29 is 4.39 Å². The van der Waals surface area contributed by atoms with Crippen molar-refractivity contribution in [2.45, 2.75) is 38.1 Å². The molecule has 3 rings (SSSR count). The first-order chi connectivity index (χ1) is 10.7. The number of benzene rings is 1. The molecule has 1 N–H and O–H groups in total. The lowest BCUT2D eigenvalue weighted by Gasteiger charge is -2.41. The molecule has 1 heterocycles. The number of nitrogens with zero attached hydrogens (tertiary/aromatic N) is 1. The Labute approximate surface area is 166 Å². The van der Waals surface area contributed by atoms with Gasteiger partial charge in [-0.25, -0.2) is 4.39 Å². The lowest BCUT2D eigenvalue weighted by Crippen LogP contribution is -2.47. The maximum Gasteiger partial charge on any atom is 0.148 e. The average Bonchev–Trinajstić information content (AvgIpc) is 2.57. The van der Waals surface area contributed by atoms with E-state index in [9.17, 15) is 4.39 Å². The Balaban J connectivity index is 0.00000144. The summed E-state index contributed by atoms with van der Waals surface area (Å²) in [6, 6.07) is 3.34. The van der Waals surface area contributed by atoms with E-state index in [0.29, 0.717) is 16.5 Å². The number of nitrogens with one attached hydrogen (secondary N) is 1. The topological polar surface area (TPSA) is 15.3 Å². The van der Waals surface area contributed by atoms with E-state index in [1.54, 1.807) is 12.1 Å². The predicted molar refractivity (Wildman–Crippen MR) is 105 cm³/mol. The fraction of sp³-hybridized carbons (Fsp3) is 0.647. The van der Waals surface area contributed by atoms with Gasteiger partial charge in [0, 0.05) is 42.8 Å². The van der Waals surface area contributed by atoms with Crippen LogP contribution in [0, 0.1) is 11.7 Å². The van der Waals surface area contributed by atoms with Crippen LogP contribution in [0.2, 0.25) is 10.0 Å². The standard InChI is InChI=1S/C17H23Cl2FN2.2ClH/c18-13-6-7-14(19)16(20)15(13)17(12-4-2-1-3-5-12)22-10-8-21-9-11-22;;/h6-7,12,17,21H,1-5,8-11H2;2*1H/t17-;;/m1../s1. The molecular formula is C17H25Cl4FN2. The van der Waals surface area contributed by atoms with Crippen LogP contribution in [0.1, 0.15) is 43.7 Å². The maximum atomic E-state index is 14.8. The number of piperazine rings is 1. The molecule has 0 spiro atoms. The Bertz CT molecular complexity index is 500. The molecule has 1 aromatic rings. The van der Waals surface area contributed by atoms with E-state index in [-0.39, 0.29) is 41.7 Å². The Morgan fingerprint density at radius 3 is 2.21 bits per heavy atom. The molecule has 2 nitrogen and oxygen atoms in total. The van der Waals surface area contributed by atoms with Crippen molar-refractivity contribution in [3.63, 3.8) is 0 Å². The van der Waals surface area contributed by atoms with Crippen LogP contribution in [0.4, 0.5) is 4.39 Å². The zero-order valence-corrected chi connectivity index (χ0v) is 16.7. The lowest BCUT2D eigenvalue weighted by molar-refractivity contribution is 0.101. The first-order valence-corrected chi connectivity index (χ1v) is 9.02. The van der Waals surface area contributed by atoms with E-state index in [1.165, 1.54) is 19.3 Å². The van der Waals surface area contributed by atoms with Gasteiger partial charge in [-0.1, -0.05) is 42.5 Å². The van der Waals surface area contributed by atoms with E-state index in [1.807, 2.05) is 0 Å². The van der Waals surface area contributed by atoms with E-state index in [4.69, 9.17) is 23.2 Å². The molecule has 0 bridgehead atoms. The third kappa shape index (κ3) is 4.90. The molecule has 2 fully saturated rings. The third-order valence-electron chi connectivity index (χ3n) is 5.02. The van der Waals surface area contributed by atoms with Crippen LogP contribution in [-0.2, 0) is 0 Å². The van der Waals surface area contributed by atoms with Crippen LogP contribution >= 0.6 is 48.0 Å². The molecule has 0 radical (unpaired) electrons. The molecule has 0 unspecified atom stereocenters. The van der Waals surface area contributed by atoms with E-state index < -0.39 is 0 Å². The lowest BCUT2D eigenvalue weighted by atomic mass is 9.80. The van der Waals surface area contributed by atoms with Crippen LogP contribution in [0.3, 0.4) is 0 Å². The Hall–Kier alpha value is 0.230. The summed E-state index contributed by atoms with van der Waals surface area (Å²) < 4.78 is 14.8. The largest absolute Gasteiger partial charge is 0.314 e. The van der Waals surface area contributed by atoms with Gasteiger partial charge in [0.15, 0.2) is 0 Å². The highest BCUT2D eigenvalue weighted by Crippen LogP contribution is 2.43. The minimum absolute atomic E-state index is 0. The van der Waals surface area contributed by atoms with Gasteiger partial charge in [-0.2, -0.15) is 0 Å². The first kappa shape index (κ1) is 22.3. The average molecular weight is 418 g/mol. The van der Waals surface area contributed by atoms with Crippen molar-refractivity contribution in [2.75, 3.05) is 26.2 Å². The van der Waals surface area contributed by atoms with Crippen LogP contribution < -0.4 is 5.32 Å². The molecule has 1 atom stereocenters. The number of rotatable bonds is 3. The SMILES string of the molecule is Cl.Cl.Fc1c(Cl)ccc(Cl)c1[C@@H](C1CCCCC1)N1CCNCC1. The van der Waals surface area contributed by atoms with Gasteiger partial charge in [0.2, 0.25) is 0 Å². The summed E-state index contributed by atoms with van der Waals surface area (Å²) >= 11 is 12.4. The minimum Gasteiger partial charge on any atom is -0.314 e. The zero-order chi connectivity index (χ0) is 15.5. The second kappa shape index (κ2) is 10.4. The van der Waals surface area contributed by atoms with Crippen LogP contribution in [0.15, 0.2) is 12.1 Å². The predicted octanol–water partition coefficient (Wildman–Crippen LogP) is 5.50. The highest BCUT2D eigenvalue weighted by atomic mass is 35.5. The monoisotopic (exact) mass is 416 g/mol. The summed E-state index contributed by atoms with van der Waals surface area (Å²) in [5, 5.41) is 4.06. The molecule has 24 heavy (non-hydrogen) atoms. The third-order valence-corrected chi connectivity index (χ3v) is 5.64. The van der Waals surface area contributed by atoms with Crippen LogP contribution in [0.5, 0.6) is 0 Å². The van der Waals surface area contributed by atoms with E-state index in [2.05, 4.69) is 10.2 Å². The molecule has 1 saturated carbocycles. The van der Waals surface area contributed by atoms with Gasteiger partial charge < -0.3 is 5.32 Å². The van der Waals surface area contributed by atoms with Gasteiger partial charge in [0.25, 0.3) is 0 Å². The molecule has 7 heteroatoms. The van der Waals surface area contributed by atoms with Gasteiger partial charge in [-0.15, -0.1) is 24.8 Å². The minimum atomic E-state index is -0.330. The van der Waals surface area contributed by atoms with Crippen LogP contribution in [0.25, 0.3) is 0 Å². The number of hydrogen-bond acceptors (Lipinski definition) is 2. The van der Waals surface area contributed by atoms with Gasteiger partial charge >= 0.3 is 0 Å². The molecular weight excluding hydrogens is 393 g/mol. The molecule has 1 saturated heterocycles.